The number of carbonyl (C=O) groups excluding carboxylic acids is 6. The Morgan fingerprint density at radius 2 is 1.90 bits per heavy atom. The summed E-state index contributed by atoms with van der Waals surface area (Å²) >= 11 is 5.95. The molecule has 5 atom stereocenters. The van der Waals surface area contributed by atoms with Crippen LogP contribution in [0.1, 0.15) is 32.1 Å². The molecule has 42 heavy (non-hydrogen) atoms. The molecule has 16 nitrogen and oxygen atoms in total. The number of carboxylic acids is 1. The summed E-state index contributed by atoms with van der Waals surface area (Å²) < 4.78 is 24.9. The number of alkyl halides is 1. The number of nitrogens with zero attached hydrogens (tertiary/aromatic N) is 4. The van der Waals surface area contributed by atoms with E-state index >= 15 is 0 Å². The molecule has 0 aromatic carbocycles. The molecule has 4 heterocycles. The third kappa shape index (κ3) is 6.18. The molecule has 0 aromatic heterocycles. The van der Waals surface area contributed by atoms with Crippen LogP contribution in [0.5, 0.6) is 0 Å². The highest BCUT2D eigenvalue weighted by molar-refractivity contribution is 7.88. The van der Waals surface area contributed by atoms with Crippen molar-refractivity contribution in [2.75, 3.05) is 19.3 Å². The van der Waals surface area contributed by atoms with E-state index in [2.05, 4.69) is 15.0 Å². The molecular weight excluding hydrogens is 600 g/mol. The standard InChI is InChI=1S/C24H27ClN6O10S/c1-42(40,41)28-13-7-8-18(33)29-9-4-5-15(30(29)23(13)38)21(36)26-14(11-19(34)35)16(32)12-31-10-3-2-6-17(31)27-22(37)20(25)24(31)39/h2-3,6,10,13-15,20,28H,4-5,7-9,11-12H2,1H3,(H-,26,34,35,36)/p+1. The van der Waals surface area contributed by atoms with Crippen LogP contribution in [0.4, 0.5) is 0 Å². The van der Waals surface area contributed by atoms with Gasteiger partial charge in [0.25, 0.3) is 11.8 Å². The van der Waals surface area contributed by atoms with E-state index in [-0.39, 0.29) is 38.1 Å². The van der Waals surface area contributed by atoms with Gasteiger partial charge in [0.1, 0.15) is 24.3 Å². The van der Waals surface area contributed by atoms with Crippen molar-refractivity contribution in [2.24, 2.45) is 4.99 Å². The molecular formula is C24H28ClN6O10S+. The summed E-state index contributed by atoms with van der Waals surface area (Å²) in [6, 6.07) is -4.40. The summed E-state index contributed by atoms with van der Waals surface area (Å²) in [6.07, 6.45) is 5.45. The normalized spacial score (nSPS) is 28.4. The van der Waals surface area contributed by atoms with E-state index in [1.165, 1.54) is 24.4 Å². The zero-order valence-electron chi connectivity index (χ0n) is 22.3. The molecule has 2 saturated heterocycles. The number of rotatable bonds is 9. The van der Waals surface area contributed by atoms with Gasteiger partial charge in [-0.25, -0.2) is 22.9 Å². The molecule has 3 N–H and O–H groups in total. The lowest BCUT2D eigenvalue weighted by molar-refractivity contribution is -0.698. The SMILES string of the molecule is CS(=O)(=O)NC1CCC(=O)N2CCCC(C(=O)NC(CC(=O)O)C(=O)C[N+]34C=CC=CC3=NC(=O)C(Cl)C4=O)N2C1=O. The Balaban J connectivity index is 1.60. The molecule has 18 heteroatoms. The first kappa shape index (κ1) is 31.1. The molecule has 226 valence electrons. The number of ketones is 1. The van der Waals surface area contributed by atoms with Crippen molar-refractivity contribution >= 4 is 68.7 Å². The fourth-order valence-electron chi connectivity index (χ4n) is 5.23. The van der Waals surface area contributed by atoms with E-state index in [4.69, 9.17) is 11.6 Å². The fraction of sp³-hybridized carbons (Fsp3) is 0.500. The smallest absolute Gasteiger partial charge is 0.352 e. The third-order valence-corrected chi connectivity index (χ3v) is 8.25. The average molecular weight is 628 g/mol. The van der Waals surface area contributed by atoms with Gasteiger partial charge < -0.3 is 10.4 Å². The van der Waals surface area contributed by atoms with Crippen molar-refractivity contribution in [3.8, 4) is 0 Å². The van der Waals surface area contributed by atoms with Gasteiger partial charge in [0.2, 0.25) is 38.8 Å². The van der Waals surface area contributed by atoms with Crippen molar-refractivity contribution < 1.29 is 51.6 Å². The first-order chi connectivity index (χ1) is 19.6. The van der Waals surface area contributed by atoms with Crippen LogP contribution >= 0.6 is 11.6 Å². The lowest BCUT2D eigenvalue weighted by Crippen LogP contribution is -2.66. The number of hydrazine groups is 1. The maximum Gasteiger partial charge on any atom is 0.352 e. The van der Waals surface area contributed by atoms with Gasteiger partial charge >= 0.3 is 11.9 Å². The minimum atomic E-state index is -3.86. The molecule has 0 bridgehead atoms. The van der Waals surface area contributed by atoms with Crippen LogP contribution in [0.15, 0.2) is 29.4 Å². The number of Topliss-reactive ketones (excluding diaryl/α,β-unsaturated/α-hetero) is 1. The van der Waals surface area contributed by atoms with Gasteiger partial charge in [0.05, 0.1) is 12.7 Å². The maximum absolute atomic E-state index is 13.5. The summed E-state index contributed by atoms with van der Waals surface area (Å²) in [5.41, 5.74) is 0. The van der Waals surface area contributed by atoms with Crippen molar-refractivity contribution in [1.29, 1.82) is 0 Å². The average Bonchev–Trinajstić information content (AvgIpc) is 3.03. The van der Waals surface area contributed by atoms with Crippen molar-refractivity contribution in [3.05, 3.63) is 24.4 Å². The van der Waals surface area contributed by atoms with Gasteiger partial charge in [-0.1, -0.05) is 11.6 Å². The lowest BCUT2D eigenvalue weighted by atomic mass is 10.0. The number of sulfonamides is 1. The highest BCUT2D eigenvalue weighted by atomic mass is 35.5. The van der Waals surface area contributed by atoms with Gasteiger partial charge in [-0.3, -0.25) is 33.8 Å². The number of amides is 5. The van der Waals surface area contributed by atoms with Crippen LogP contribution in [-0.4, -0.2) is 118 Å². The number of carboxylic acid groups (broad SMARTS) is 1. The fourth-order valence-corrected chi connectivity index (χ4v) is 6.19. The number of halogens is 1. The van der Waals surface area contributed by atoms with Gasteiger partial charge in [0.15, 0.2) is 6.54 Å². The number of carbonyl (C=O) groups is 7. The van der Waals surface area contributed by atoms with Crippen molar-refractivity contribution in [2.45, 2.75) is 55.6 Å². The van der Waals surface area contributed by atoms with Gasteiger partial charge in [-0.05, 0) is 31.4 Å². The largest absolute Gasteiger partial charge is 0.481 e. The molecule has 5 unspecified atom stereocenters. The van der Waals surface area contributed by atoms with E-state index in [1.54, 1.807) is 0 Å². The quantitative estimate of drug-likeness (QED) is 0.144. The minimum absolute atomic E-state index is 0.0276. The van der Waals surface area contributed by atoms with Crippen LogP contribution in [-0.2, 0) is 43.6 Å². The molecule has 0 saturated carbocycles. The number of aliphatic imine (C=N–C) groups is 1. The van der Waals surface area contributed by atoms with E-state index < -0.39 is 92.3 Å². The Kier molecular flexibility index (Phi) is 8.77. The van der Waals surface area contributed by atoms with Crippen molar-refractivity contribution in [3.63, 3.8) is 0 Å². The molecule has 4 aliphatic rings. The Bertz CT molecular complexity index is 1460. The number of amidine groups is 1. The number of fused-ring (bicyclic) bond motifs is 2. The van der Waals surface area contributed by atoms with Crippen LogP contribution in [0.2, 0.25) is 0 Å². The predicted molar refractivity (Wildman–Crippen MR) is 142 cm³/mol. The Labute approximate surface area is 244 Å². The molecule has 4 rings (SSSR count). The monoisotopic (exact) mass is 627 g/mol. The summed E-state index contributed by atoms with van der Waals surface area (Å²) in [6.45, 7) is -0.647. The minimum Gasteiger partial charge on any atom is -0.481 e. The summed E-state index contributed by atoms with van der Waals surface area (Å²) in [5.74, 6) is -6.62. The third-order valence-electron chi connectivity index (χ3n) is 7.17. The van der Waals surface area contributed by atoms with Crippen molar-refractivity contribution in [1.82, 2.24) is 20.1 Å². The zero-order chi connectivity index (χ0) is 31.0. The van der Waals surface area contributed by atoms with Crippen LogP contribution in [0, 0.1) is 0 Å². The molecule has 5 amide bonds. The first-order valence-corrected chi connectivity index (χ1v) is 15.2. The molecule has 0 aliphatic carbocycles. The molecule has 0 aromatic rings. The number of aliphatic carboxylic acids is 1. The second kappa shape index (κ2) is 11.8. The second-order valence-corrected chi connectivity index (χ2v) is 12.4. The molecule has 0 radical (unpaired) electrons. The van der Waals surface area contributed by atoms with E-state index in [0.29, 0.717) is 0 Å². The number of allylic oxidation sites excluding steroid dienone is 2. The van der Waals surface area contributed by atoms with E-state index in [0.717, 1.165) is 16.3 Å². The summed E-state index contributed by atoms with van der Waals surface area (Å²) in [7, 11) is -3.86. The van der Waals surface area contributed by atoms with Crippen LogP contribution in [0.3, 0.4) is 0 Å². The number of quaternary nitrogens is 1. The lowest BCUT2D eigenvalue weighted by Gasteiger charge is -2.43. The molecule has 4 aliphatic heterocycles. The first-order valence-electron chi connectivity index (χ1n) is 12.9. The Hall–Kier alpha value is -3.80. The van der Waals surface area contributed by atoms with Gasteiger partial charge in [-0.2, -0.15) is 9.48 Å². The van der Waals surface area contributed by atoms with Gasteiger partial charge in [-0.15, -0.1) is 0 Å². The van der Waals surface area contributed by atoms with Crippen LogP contribution < -0.4 is 10.0 Å². The number of nitrogens with one attached hydrogen (secondary N) is 2. The van der Waals surface area contributed by atoms with E-state index in [1.807, 2.05) is 0 Å². The zero-order valence-corrected chi connectivity index (χ0v) is 23.8. The summed E-state index contributed by atoms with van der Waals surface area (Å²) in [4.78, 5) is 93.8. The highest BCUT2D eigenvalue weighted by Crippen LogP contribution is 2.28. The summed E-state index contributed by atoms with van der Waals surface area (Å²) in [5, 5.41) is 12.1. The Morgan fingerprint density at radius 3 is 2.57 bits per heavy atom. The van der Waals surface area contributed by atoms with Crippen LogP contribution in [0.25, 0.3) is 0 Å². The number of hydrogen-bond donors (Lipinski definition) is 3. The van der Waals surface area contributed by atoms with Gasteiger partial charge in [0, 0.05) is 19.0 Å². The Morgan fingerprint density at radius 1 is 1.19 bits per heavy atom. The molecule has 0 spiro atoms. The topological polar surface area (TPSA) is 217 Å². The van der Waals surface area contributed by atoms with E-state index in [9.17, 15) is 47.1 Å². The second-order valence-electron chi connectivity index (χ2n) is 10.2. The maximum atomic E-state index is 13.5. The molecule has 2 fully saturated rings. The highest BCUT2D eigenvalue weighted by Gasteiger charge is 2.53. The predicted octanol–water partition coefficient (Wildman–Crippen LogP) is -2.07. The number of hydrogen-bond acceptors (Lipinski definition) is 9.